The first-order chi connectivity index (χ1) is 9.25. The SMILES string of the molecule is FC(CNC(=S)Nc1ccccn1)c1ccccc1. The molecule has 2 aromatic rings. The Labute approximate surface area is 116 Å². The smallest absolute Gasteiger partial charge is 0.172 e. The number of benzene rings is 1. The zero-order chi connectivity index (χ0) is 13.5. The monoisotopic (exact) mass is 275 g/mol. The van der Waals surface area contributed by atoms with Gasteiger partial charge in [-0.25, -0.2) is 9.37 Å². The van der Waals surface area contributed by atoms with Crippen molar-refractivity contribution in [3.63, 3.8) is 0 Å². The van der Waals surface area contributed by atoms with Gasteiger partial charge in [0, 0.05) is 6.20 Å². The maximum absolute atomic E-state index is 13.9. The topological polar surface area (TPSA) is 37.0 Å². The zero-order valence-corrected chi connectivity index (χ0v) is 11.0. The number of rotatable bonds is 4. The van der Waals surface area contributed by atoms with Crippen molar-refractivity contribution in [3.05, 3.63) is 60.3 Å². The summed E-state index contributed by atoms with van der Waals surface area (Å²) in [5.74, 6) is 0.634. The first kappa shape index (κ1) is 13.4. The number of thiocarbonyl (C=S) groups is 1. The zero-order valence-electron chi connectivity index (χ0n) is 10.2. The fourth-order valence-corrected chi connectivity index (χ4v) is 1.75. The van der Waals surface area contributed by atoms with Crippen LogP contribution in [0.1, 0.15) is 11.7 Å². The van der Waals surface area contributed by atoms with Crippen molar-refractivity contribution < 1.29 is 4.39 Å². The molecule has 1 atom stereocenters. The van der Waals surface area contributed by atoms with Crippen LogP contribution in [0.5, 0.6) is 0 Å². The molecular formula is C14H14FN3S. The third-order valence-electron chi connectivity index (χ3n) is 2.51. The average Bonchev–Trinajstić information content (AvgIpc) is 2.47. The van der Waals surface area contributed by atoms with Gasteiger partial charge in [-0.05, 0) is 29.9 Å². The lowest BCUT2D eigenvalue weighted by Crippen LogP contribution is -2.31. The lowest BCUT2D eigenvalue weighted by Gasteiger charge is -2.12. The molecule has 1 unspecified atom stereocenters. The first-order valence-corrected chi connectivity index (χ1v) is 6.31. The molecule has 3 nitrogen and oxygen atoms in total. The average molecular weight is 275 g/mol. The number of pyridine rings is 1. The summed E-state index contributed by atoms with van der Waals surface area (Å²) in [6, 6.07) is 14.4. The summed E-state index contributed by atoms with van der Waals surface area (Å²) >= 11 is 5.08. The van der Waals surface area contributed by atoms with Gasteiger partial charge in [-0.3, -0.25) is 0 Å². The van der Waals surface area contributed by atoms with E-state index in [2.05, 4.69) is 15.6 Å². The molecule has 0 radical (unpaired) electrons. The number of alkyl halides is 1. The second-order valence-electron chi connectivity index (χ2n) is 3.93. The van der Waals surface area contributed by atoms with Gasteiger partial charge in [-0.15, -0.1) is 0 Å². The van der Waals surface area contributed by atoms with E-state index in [1.807, 2.05) is 30.3 Å². The molecular weight excluding hydrogens is 261 g/mol. The molecule has 5 heteroatoms. The van der Waals surface area contributed by atoms with Crippen LogP contribution in [-0.2, 0) is 0 Å². The van der Waals surface area contributed by atoms with Crippen LogP contribution in [0, 0.1) is 0 Å². The molecule has 0 aliphatic carbocycles. The summed E-state index contributed by atoms with van der Waals surface area (Å²) in [4.78, 5) is 4.07. The highest BCUT2D eigenvalue weighted by atomic mass is 32.1. The fraction of sp³-hybridized carbons (Fsp3) is 0.143. The van der Waals surface area contributed by atoms with Gasteiger partial charge in [0.2, 0.25) is 0 Å². The Kier molecular flexibility index (Phi) is 4.80. The van der Waals surface area contributed by atoms with Gasteiger partial charge in [0.1, 0.15) is 12.0 Å². The second-order valence-corrected chi connectivity index (χ2v) is 4.34. The molecule has 2 rings (SSSR count). The molecule has 2 N–H and O–H groups in total. The third-order valence-corrected chi connectivity index (χ3v) is 2.76. The minimum atomic E-state index is -1.09. The molecule has 0 fully saturated rings. The van der Waals surface area contributed by atoms with Crippen LogP contribution in [0.3, 0.4) is 0 Å². The largest absolute Gasteiger partial charge is 0.359 e. The van der Waals surface area contributed by atoms with Crippen LogP contribution in [0.15, 0.2) is 54.7 Å². The van der Waals surface area contributed by atoms with E-state index in [0.29, 0.717) is 16.5 Å². The molecule has 0 amide bonds. The van der Waals surface area contributed by atoms with Crippen molar-refractivity contribution in [2.45, 2.75) is 6.17 Å². The Morgan fingerprint density at radius 2 is 1.89 bits per heavy atom. The Balaban J connectivity index is 1.81. The molecule has 1 heterocycles. The van der Waals surface area contributed by atoms with E-state index >= 15 is 0 Å². The molecule has 0 aliphatic rings. The predicted molar refractivity (Wildman–Crippen MR) is 78.8 cm³/mol. The number of aromatic nitrogens is 1. The minimum Gasteiger partial charge on any atom is -0.359 e. The molecule has 1 aromatic carbocycles. The lowest BCUT2D eigenvalue weighted by molar-refractivity contribution is 0.343. The predicted octanol–water partition coefficient (Wildman–Crippen LogP) is 3.08. The van der Waals surface area contributed by atoms with E-state index in [1.54, 1.807) is 24.4 Å². The van der Waals surface area contributed by atoms with Crippen molar-refractivity contribution in [2.24, 2.45) is 0 Å². The van der Waals surface area contributed by atoms with E-state index < -0.39 is 6.17 Å². The van der Waals surface area contributed by atoms with Gasteiger partial charge in [0.05, 0.1) is 6.54 Å². The minimum absolute atomic E-state index is 0.128. The normalized spacial score (nSPS) is 11.6. The van der Waals surface area contributed by atoms with Crippen LogP contribution < -0.4 is 10.6 Å². The van der Waals surface area contributed by atoms with Crippen LogP contribution in [0.2, 0.25) is 0 Å². The van der Waals surface area contributed by atoms with Crippen molar-refractivity contribution >= 4 is 23.1 Å². The Hall–Kier alpha value is -2.01. The van der Waals surface area contributed by atoms with Gasteiger partial charge in [-0.2, -0.15) is 0 Å². The number of anilines is 1. The second kappa shape index (κ2) is 6.80. The summed E-state index contributed by atoms with van der Waals surface area (Å²) in [6.45, 7) is 0.128. The highest BCUT2D eigenvalue weighted by Gasteiger charge is 2.09. The highest BCUT2D eigenvalue weighted by Crippen LogP contribution is 2.15. The Morgan fingerprint density at radius 3 is 2.58 bits per heavy atom. The highest BCUT2D eigenvalue weighted by molar-refractivity contribution is 7.80. The van der Waals surface area contributed by atoms with Crippen LogP contribution in [0.4, 0.5) is 10.2 Å². The van der Waals surface area contributed by atoms with E-state index in [-0.39, 0.29) is 6.54 Å². The number of hydrogen-bond acceptors (Lipinski definition) is 2. The van der Waals surface area contributed by atoms with Gasteiger partial charge in [0.25, 0.3) is 0 Å². The van der Waals surface area contributed by atoms with Crippen molar-refractivity contribution in [2.75, 3.05) is 11.9 Å². The molecule has 19 heavy (non-hydrogen) atoms. The van der Waals surface area contributed by atoms with E-state index in [9.17, 15) is 4.39 Å². The van der Waals surface area contributed by atoms with Gasteiger partial charge < -0.3 is 10.6 Å². The maximum Gasteiger partial charge on any atom is 0.172 e. The fourth-order valence-electron chi connectivity index (χ4n) is 1.56. The van der Waals surface area contributed by atoms with Gasteiger partial charge >= 0.3 is 0 Å². The van der Waals surface area contributed by atoms with Crippen LogP contribution in [0.25, 0.3) is 0 Å². The summed E-state index contributed by atoms with van der Waals surface area (Å²) in [5.41, 5.74) is 0.635. The maximum atomic E-state index is 13.9. The lowest BCUT2D eigenvalue weighted by atomic mass is 10.1. The summed E-state index contributed by atoms with van der Waals surface area (Å²) in [7, 11) is 0. The van der Waals surface area contributed by atoms with Gasteiger partial charge in [0.15, 0.2) is 5.11 Å². The molecule has 1 aromatic heterocycles. The quantitative estimate of drug-likeness (QED) is 0.841. The van der Waals surface area contributed by atoms with Crippen molar-refractivity contribution in [1.29, 1.82) is 0 Å². The van der Waals surface area contributed by atoms with Crippen LogP contribution in [-0.4, -0.2) is 16.6 Å². The Bertz CT molecular complexity index is 519. The molecule has 0 spiro atoms. The van der Waals surface area contributed by atoms with Crippen LogP contribution >= 0.6 is 12.2 Å². The van der Waals surface area contributed by atoms with Gasteiger partial charge in [-0.1, -0.05) is 36.4 Å². The summed E-state index contributed by atoms with van der Waals surface area (Å²) in [6.07, 6.45) is 0.567. The summed E-state index contributed by atoms with van der Waals surface area (Å²) < 4.78 is 13.9. The number of hydrogen-bond donors (Lipinski definition) is 2. The van der Waals surface area contributed by atoms with E-state index in [0.717, 1.165) is 0 Å². The third kappa shape index (κ3) is 4.30. The van der Waals surface area contributed by atoms with E-state index in [4.69, 9.17) is 12.2 Å². The number of nitrogens with zero attached hydrogens (tertiary/aromatic N) is 1. The number of halogens is 1. The molecule has 0 saturated carbocycles. The van der Waals surface area contributed by atoms with E-state index in [1.165, 1.54) is 0 Å². The summed E-state index contributed by atoms with van der Waals surface area (Å²) in [5, 5.41) is 6.08. The molecule has 0 saturated heterocycles. The number of nitrogens with one attached hydrogen (secondary N) is 2. The van der Waals surface area contributed by atoms with Crippen molar-refractivity contribution in [1.82, 2.24) is 10.3 Å². The first-order valence-electron chi connectivity index (χ1n) is 5.90. The molecule has 98 valence electrons. The molecule has 0 aliphatic heterocycles. The molecule has 0 bridgehead atoms. The van der Waals surface area contributed by atoms with Crippen molar-refractivity contribution in [3.8, 4) is 0 Å². The Morgan fingerprint density at radius 1 is 1.16 bits per heavy atom. The standard InChI is InChI=1S/C14H14FN3S/c15-12(11-6-2-1-3-7-11)10-17-14(19)18-13-8-4-5-9-16-13/h1-9,12H,10H2,(H2,16,17,18,19).